The van der Waals surface area contributed by atoms with E-state index in [1.165, 1.54) is 11.3 Å². The Balaban J connectivity index is 1.41. The number of carbonyl (C=O) groups is 1. The van der Waals surface area contributed by atoms with Crippen LogP contribution in [0.3, 0.4) is 0 Å². The molecule has 0 bridgehead atoms. The van der Waals surface area contributed by atoms with Crippen molar-refractivity contribution in [3.8, 4) is 10.7 Å². The van der Waals surface area contributed by atoms with E-state index in [2.05, 4.69) is 20.3 Å². The molecule has 134 valence electrons. The van der Waals surface area contributed by atoms with Crippen LogP contribution in [0.1, 0.15) is 5.69 Å². The second-order valence-corrected chi connectivity index (χ2v) is 6.45. The number of fused-ring (bicyclic) bond motifs is 1. The summed E-state index contributed by atoms with van der Waals surface area (Å²) < 4.78 is 6.20. The molecule has 0 spiro atoms. The van der Waals surface area contributed by atoms with Crippen molar-refractivity contribution in [1.29, 1.82) is 0 Å². The first-order valence-corrected chi connectivity index (χ1v) is 8.92. The van der Waals surface area contributed by atoms with E-state index in [0.29, 0.717) is 16.6 Å². The number of pyridine rings is 1. The van der Waals surface area contributed by atoms with Gasteiger partial charge in [-0.15, -0.1) is 16.4 Å². The van der Waals surface area contributed by atoms with E-state index < -0.39 is 5.97 Å². The van der Waals surface area contributed by atoms with Gasteiger partial charge < -0.3 is 4.74 Å². The molecule has 3 aromatic heterocycles. The lowest BCUT2D eigenvalue weighted by molar-refractivity contribution is -0.146. The molecule has 3 heterocycles. The van der Waals surface area contributed by atoms with Crippen molar-refractivity contribution in [3.63, 3.8) is 0 Å². The van der Waals surface area contributed by atoms with E-state index in [1.54, 1.807) is 35.8 Å². The Labute approximate surface area is 157 Å². The number of thiazole rings is 1. The summed E-state index contributed by atoms with van der Waals surface area (Å²) in [6, 6.07) is 12.4. The summed E-state index contributed by atoms with van der Waals surface area (Å²) in [5, 5.41) is 10.7. The fourth-order valence-corrected chi connectivity index (χ4v) is 3.21. The quantitative estimate of drug-likeness (QED) is 0.489. The number of hydrogen-bond donors (Lipinski definition) is 0. The molecule has 0 saturated heterocycles. The first-order valence-electron chi connectivity index (χ1n) is 8.05. The van der Waals surface area contributed by atoms with Crippen molar-refractivity contribution in [2.75, 3.05) is 0 Å². The van der Waals surface area contributed by atoms with E-state index in [4.69, 9.17) is 4.74 Å². The van der Waals surface area contributed by atoms with E-state index in [1.807, 2.05) is 18.2 Å². The molecule has 0 atom stereocenters. The Morgan fingerprint density at radius 3 is 2.85 bits per heavy atom. The molecular weight excluding hydrogens is 366 g/mol. The highest BCUT2D eigenvalue weighted by molar-refractivity contribution is 7.13. The number of nitrogens with zero attached hydrogens (tertiary/aromatic N) is 5. The van der Waals surface area contributed by atoms with Gasteiger partial charge >= 0.3 is 5.97 Å². The van der Waals surface area contributed by atoms with Crippen molar-refractivity contribution in [2.24, 2.45) is 0 Å². The van der Waals surface area contributed by atoms with Crippen LogP contribution in [0.15, 0.2) is 58.8 Å². The monoisotopic (exact) mass is 379 g/mol. The first kappa shape index (κ1) is 17.0. The van der Waals surface area contributed by atoms with Gasteiger partial charge in [0.15, 0.2) is 0 Å². The van der Waals surface area contributed by atoms with Crippen LogP contribution >= 0.6 is 11.3 Å². The molecule has 0 radical (unpaired) electrons. The molecular formula is C18H13N5O3S. The van der Waals surface area contributed by atoms with E-state index in [9.17, 15) is 9.59 Å². The Kier molecular flexibility index (Phi) is 4.67. The van der Waals surface area contributed by atoms with Gasteiger partial charge in [0.1, 0.15) is 23.7 Å². The Morgan fingerprint density at radius 2 is 2.00 bits per heavy atom. The van der Waals surface area contributed by atoms with Gasteiger partial charge in [0.25, 0.3) is 5.56 Å². The number of ether oxygens (including phenoxy) is 1. The number of hydrogen-bond acceptors (Lipinski definition) is 8. The van der Waals surface area contributed by atoms with E-state index >= 15 is 0 Å². The first-order chi connectivity index (χ1) is 13.2. The zero-order chi connectivity index (χ0) is 18.6. The summed E-state index contributed by atoms with van der Waals surface area (Å²) in [6.07, 6.45) is 1.69. The van der Waals surface area contributed by atoms with Crippen molar-refractivity contribution >= 4 is 28.2 Å². The molecule has 4 aromatic rings. The van der Waals surface area contributed by atoms with E-state index in [-0.39, 0.29) is 18.7 Å². The molecule has 0 aliphatic carbocycles. The summed E-state index contributed by atoms with van der Waals surface area (Å²) in [5.41, 5.74) is 1.48. The number of rotatable bonds is 5. The highest BCUT2D eigenvalue weighted by atomic mass is 32.1. The Bertz CT molecular complexity index is 1160. The van der Waals surface area contributed by atoms with Gasteiger partial charge in [0, 0.05) is 11.6 Å². The molecule has 0 N–H and O–H groups in total. The number of benzene rings is 1. The van der Waals surface area contributed by atoms with Gasteiger partial charge in [-0.1, -0.05) is 23.4 Å². The van der Waals surface area contributed by atoms with Crippen molar-refractivity contribution in [3.05, 3.63) is 70.1 Å². The van der Waals surface area contributed by atoms with Gasteiger partial charge in [-0.3, -0.25) is 14.6 Å². The molecule has 0 fully saturated rings. The largest absolute Gasteiger partial charge is 0.458 e. The highest BCUT2D eigenvalue weighted by Crippen LogP contribution is 2.21. The van der Waals surface area contributed by atoms with E-state index in [0.717, 1.165) is 15.4 Å². The van der Waals surface area contributed by atoms with Gasteiger partial charge in [-0.2, -0.15) is 4.68 Å². The predicted octanol–water partition coefficient (Wildman–Crippen LogP) is 2.05. The van der Waals surface area contributed by atoms with Crippen LogP contribution in [0.25, 0.3) is 21.6 Å². The minimum atomic E-state index is -0.589. The minimum Gasteiger partial charge on any atom is -0.458 e. The van der Waals surface area contributed by atoms with Gasteiger partial charge in [-0.05, 0) is 24.3 Å². The van der Waals surface area contributed by atoms with Crippen LogP contribution in [-0.4, -0.2) is 30.9 Å². The third-order valence-electron chi connectivity index (χ3n) is 3.72. The zero-order valence-electron chi connectivity index (χ0n) is 14.0. The highest BCUT2D eigenvalue weighted by Gasteiger charge is 2.12. The van der Waals surface area contributed by atoms with Crippen molar-refractivity contribution < 1.29 is 9.53 Å². The topological polar surface area (TPSA) is 99.9 Å². The SMILES string of the molecule is O=C(Cn1nnc2ccccc2c1=O)OCc1csc(-c2ccccn2)n1. The summed E-state index contributed by atoms with van der Waals surface area (Å²) in [4.78, 5) is 33.0. The minimum absolute atomic E-state index is 0.0118. The standard InChI is InChI=1S/C18H13N5O3S/c24-16(9-23-18(25)13-5-1-2-6-14(13)21-22-23)26-10-12-11-27-17(20-12)15-7-3-4-8-19-15/h1-8,11H,9-10H2. The molecule has 0 saturated carbocycles. The van der Waals surface area contributed by atoms with Crippen LogP contribution in [-0.2, 0) is 22.7 Å². The maximum absolute atomic E-state index is 12.3. The lowest BCUT2D eigenvalue weighted by atomic mass is 10.2. The number of carbonyl (C=O) groups excluding carboxylic acids is 1. The summed E-state index contributed by atoms with van der Waals surface area (Å²) in [6.45, 7) is -0.300. The third kappa shape index (κ3) is 3.72. The predicted molar refractivity (Wildman–Crippen MR) is 98.9 cm³/mol. The fourth-order valence-electron chi connectivity index (χ4n) is 2.43. The normalized spacial score (nSPS) is 10.8. The number of esters is 1. The second kappa shape index (κ2) is 7.42. The Morgan fingerprint density at radius 1 is 1.15 bits per heavy atom. The molecule has 0 unspecified atom stereocenters. The molecule has 27 heavy (non-hydrogen) atoms. The van der Waals surface area contributed by atoms with Gasteiger partial charge in [0.05, 0.1) is 16.8 Å². The van der Waals surface area contributed by atoms with Crippen LogP contribution < -0.4 is 5.56 Å². The van der Waals surface area contributed by atoms with Crippen molar-refractivity contribution in [2.45, 2.75) is 13.2 Å². The van der Waals surface area contributed by atoms with Gasteiger partial charge in [0.2, 0.25) is 0 Å². The molecule has 0 amide bonds. The summed E-state index contributed by atoms with van der Waals surface area (Å²) >= 11 is 1.42. The number of aromatic nitrogens is 5. The summed E-state index contributed by atoms with van der Waals surface area (Å²) in [5.74, 6) is -0.589. The third-order valence-corrected chi connectivity index (χ3v) is 4.64. The molecule has 0 aliphatic heterocycles. The maximum Gasteiger partial charge on any atom is 0.328 e. The van der Waals surface area contributed by atoms with Gasteiger partial charge in [-0.25, -0.2) is 4.98 Å². The molecule has 1 aromatic carbocycles. The lowest BCUT2D eigenvalue weighted by Gasteiger charge is -2.05. The van der Waals surface area contributed by atoms with Crippen LogP contribution in [0.4, 0.5) is 0 Å². The van der Waals surface area contributed by atoms with Crippen LogP contribution in [0.2, 0.25) is 0 Å². The molecule has 4 rings (SSSR count). The molecule has 8 nitrogen and oxygen atoms in total. The fraction of sp³-hybridized carbons (Fsp3) is 0.111. The molecule has 9 heteroatoms. The van der Waals surface area contributed by atoms with Crippen LogP contribution in [0, 0.1) is 0 Å². The Hall–Kier alpha value is -3.46. The summed E-state index contributed by atoms with van der Waals surface area (Å²) in [7, 11) is 0. The second-order valence-electron chi connectivity index (χ2n) is 5.59. The average Bonchev–Trinajstić information content (AvgIpc) is 3.19. The average molecular weight is 379 g/mol. The lowest BCUT2D eigenvalue weighted by Crippen LogP contribution is -2.28. The van der Waals surface area contributed by atoms with Crippen molar-refractivity contribution in [1.82, 2.24) is 25.0 Å². The van der Waals surface area contributed by atoms with Crippen LogP contribution in [0.5, 0.6) is 0 Å². The maximum atomic E-state index is 12.3. The smallest absolute Gasteiger partial charge is 0.328 e. The zero-order valence-corrected chi connectivity index (χ0v) is 14.8. The molecule has 0 aliphatic rings.